The maximum absolute atomic E-state index is 16.0. The van der Waals surface area contributed by atoms with Gasteiger partial charge in [0.2, 0.25) is 0 Å². The first-order valence-electron chi connectivity index (χ1n) is 13.4. The van der Waals surface area contributed by atoms with Crippen molar-refractivity contribution >= 4 is 17.2 Å². The third-order valence-electron chi connectivity index (χ3n) is 6.01. The maximum Gasteiger partial charge on any atom is 0.188 e. The van der Waals surface area contributed by atoms with Gasteiger partial charge < -0.3 is 29.8 Å². The number of hydrogen-bond donors (Lipinski definition) is 3. The quantitative estimate of drug-likeness (QED) is 0.126. The highest BCUT2D eigenvalue weighted by Crippen LogP contribution is 2.38. The Morgan fingerprint density at radius 3 is 2.48 bits per heavy atom. The van der Waals surface area contributed by atoms with E-state index in [1.165, 1.54) is 0 Å². The van der Waals surface area contributed by atoms with E-state index in [1.807, 2.05) is 51.2 Å². The summed E-state index contributed by atoms with van der Waals surface area (Å²) in [4.78, 5) is 9.86. The molecule has 0 saturated carbocycles. The number of rotatable bonds is 13. The van der Waals surface area contributed by atoms with Crippen molar-refractivity contribution in [3.8, 4) is 28.5 Å². The third kappa shape index (κ3) is 6.72. The highest BCUT2D eigenvalue weighted by Gasteiger charge is 2.22. The molecule has 0 aliphatic rings. The van der Waals surface area contributed by atoms with Gasteiger partial charge in [0.05, 0.1) is 37.2 Å². The van der Waals surface area contributed by atoms with E-state index >= 15 is 4.39 Å². The molecule has 1 aromatic heterocycles. The number of nitrogens with one attached hydrogen (secondary N) is 2. The topological polar surface area (TPSA) is 109 Å². The number of imidazole rings is 1. The minimum atomic E-state index is -0.516. The summed E-state index contributed by atoms with van der Waals surface area (Å²) in [6.45, 7) is 8.86. The van der Waals surface area contributed by atoms with Crippen molar-refractivity contribution in [2.75, 3.05) is 18.1 Å². The van der Waals surface area contributed by atoms with Crippen LogP contribution in [-0.4, -0.2) is 35.1 Å². The molecular formula is C31H36FN5O3. The number of aromatic nitrogens is 2. The number of aromatic amines is 1. The molecule has 9 heteroatoms. The molecule has 8 nitrogen and oxygen atoms in total. The van der Waals surface area contributed by atoms with Crippen molar-refractivity contribution in [3.63, 3.8) is 0 Å². The SMILES string of the molecule is CCCOc1ccccc1-c1c[nH]c(CN(c2ccc(C(=N)N)cc2)c2cc(OCC)cc(OC(C)C)c2F)n1. The van der Waals surface area contributed by atoms with Gasteiger partial charge in [-0.15, -0.1) is 0 Å². The van der Waals surface area contributed by atoms with Crippen LogP contribution in [-0.2, 0) is 6.54 Å². The van der Waals surface area contributed by atoms with E-state index in [4.69, 9.17) is 30.3 Å². The minimum Gasteiger partial charge on any atom is -0.494 e. The number of ether oxygens (including phenoxy) is 3. The molecule has 1 heterocycles. The molecule has 3 aromatic carbocycles. The lowest BCUT2D eigenvalue weighted by molar-refractivity contribution is 0.229. The van der Waals surface area contributed by atoms with Crippen LogP contribution in [0.4, 0.5) is 15.8 Å². The van der Waals surface area contributed by atoms with E-state index in [9.17, 15) is 0 Å². The second kappa shape index (κ2) is 13.0. The fourth-order valence-electron chi connectivity index (χ4n) is 4.23. The van der Waals surface area contributed by atoms with Crippen molar-refractivity contribution in [1.29, 1.82) is 5.41 Å². The van der Waals surface area contributed by atoms with Gasteiger partial charge in [0.15, 0.2) is 11.6 Å². The summed E-state index contributed by atoms with van der Waals surface area (Å²) in [5, 5.41) is 7.75. The molecule has 0 amide bonds. The number of anilines is 2. The smallest absolute Gasteiger partial charge is 0.188 e. The molecule has 4 rings (SSSR count). The summed E-state index contributed by atoms with van der Waals surface area (Å²) in [7, 11) is 0. The van der Waals surface area contributed by atoms with Crippen LogP contribution in [0.25, 0.3) is 11.3 Å². The van der Waals surface area contributed by atoms with Crippen molar-refractivity contribution < 1.29 is 18.6 Å². The molecule has 210 valence electrons. The zero-order chi connectivity index (χ0) is 28.6. The summed E-state index contributed by atoms with van der Waals surface area (Å²) in [5.41, 5.74) is 8.78. The first-order chi connectivity index (χ1) is 19.3. The predicted octanol–water partition coefficient (Wildman–Crippen LogP) is 6.81. The van der Waals surface area contributed by atoms with E-state index in [-0.39, 0.29) is 29.9 Å². The van der Waals surface area contributed by atoms with E-state index in [0.717, 1.165) is 23.4 Å². The van der Waals surface area contributed by atoms with Gasteiger partial charge in [-0.05, 0) is 63.6 Å². The lowest BCUT2D eigenvalue weighted by atomic mass is 10.1. The number of H-pyrrole nitrogens is 1. The van der Waals surface area contributed by atoms with E-state index in [0.29, 0.717) is 36.0 Å². The summed E-state index contributed by atoms with van der Waals surface area (Å²) < 4.78 is 33.5. The van der Waals surface area contributed by atoms with Gasteiger partial charge in [-0.2, -0.15) is 0 Å². The number of para-hydroxylation sites is 1. The predicted molar refractivity (Wildman–Crippen MR) is 156 cm³/mol. The Labute approximate surface area is 234 Å². The fraction of sp³-hybridized carbons (Fsp3) is 0.290. The summed E-state index contributed by atoms with van der Waals surface area (Å²) >= 11 is 0. The van der Waals surface area contributed by atoms with Gasteiger partial charge in [-0.3, -0.25) is 5.41 Å². The largest absolute Gasteiger partial charge is 0.494 e. The van der Waals surface area contributed by atoms with Crippen molar-refractivity contribution in [1.82, 2.24) is 9.97 Å². The van der Waals surface area contributed by atoms with Crippen LogP contribution >= 0.6 is 0 Å². The molecule has 0 spiro atoms. The second-order valence-electron chi connectivity index (χ2n) is 9.48. The van der Waals surface area contributed by atoms with Crippen LogP contribution in [0, 0.1) is 11.2 Å². The Kier molecular flexibility index (Phi) is 9.27. The monoisotopic (exact) mass is 545 g/mol. The van der Waals surface area contributed by atoms with Crippen LogP contribution in [0.15, 0.2) is 66.9 Å². The van der Waals surface area contributed by atoms with E-state index < -0.39 is 5.82 Å². The van der Waals surface area contributed by atoms with Crippen molar-refractivity contribution in [2.24, 2.45) is 5.73 Å². The third-order valence-corrected chi connectivity index (χ3v) is 6.01. The zero-order valence-corrected chi connectivity index (χ0v) is 23.3. The molecule has 0 unspecified atom stereocenters. The molecule has 0 aliphatic carbocycles. The first-order valence-corrected chi connectivity index (χ1v) is 13.4. The van der Waals surface area contributed by atoms with Crippen LogP contribution in [0.3, 0.4) is 0 Å². The van der Waals surface area contributed by atoms with Crippen LogP contribution in [0.2, 0.25) is 0 Å². The molecule has 40 heavy (non-hydrogen) atoms. The van der Waals surface area contributed by atoms with Gasteiger partial charge in [-0.1, -0.05) is 19.1 Å². The number of nitrogen functional groups attached to an aromatic ring is 1. The molecular weight excluding hydrogens is 509 g/mol. The average Bonchev–Trinajstić information content (AvgIpc) is 3.41. The Bertz CT molecular complexity index is 1440. The number of amidine groups is 1. The standard InChI is InChI=1S/C31H36FN5O3/c1-5-15-39-27-10-8-7-9-24(27)25-18-35-29(36-25)19-37(22-13-11-21(12-14-22)31(33)34)26-16-23(38-6-2)17-28(30(26)32)40-20(3)4/h7-14,16-18,20H,5-6,15,19H2,1-4H3,(H3,33,34)(H,35,36). The first kappa shape index (κ1) is 28.5. The van der Waals surface area contributed by atoms with Gasteiger partial charge in [0.25, 0.3) is 0 Å². The van der Waals surface area contributed by atoms with Crippen LogP contribution < -0.4 is 24.8 Å². The number of halogens is 1. The van der Waals surface area contributed by atoms with Crippen molar-refractivity contribution in [3.05, 3.63) is 84.1 Å². The molecule has 4 N–H and O–H groups in total. The zero-order valence-electron chi connectivity index (χ0n) is 23.3. The van der Waals surface area contributed by atoms with Gasteiger partial charge in [-0.25, -0.2) is 9.37 Å². The minimum absolute atomic E-state index is 0.0464. The number of benzene rings is 3. The maximum atomic E-state index is 16.0. The van der Waals surface area contributed by atoms with Crippen LogP contribution in [0.5, 0.6) is 17.2 Å². The normalized spacial score (nSPS) is 10.9. The number of hydrogen-bond acceptors (Lipinski definition) is 6. The van der Waals surface area contributed by atoms with Gasteiger partial charge >= 0.3 is 0 Å². The van der Waals surface area contributed by atoms with Gasteiger partial charge in [0.1, 0.15) is 23.2 Å². The summed E-state index contributed by atoms with van der Waals surface area (Å²) in [5.74, 6) is 1.40. The fourth-order valence-corrected chi connectivity index (χ4v) is 4.23. The van der Waals surface area contributed by atoms with Crippen LogP contribution in [0.1, 0.15) is 45.5 Å². The number of nitrogens with zero attached hydrogens (tertiary/aromatic N) is 2. The highest BCUT2D eigenvalue weighted by molar-refractivity contribution is 5.95. The van der Waals surface area contributed by atoms with Gasteiger partial charge in [0, 0.05) is 35.1 Å². The molecule has 0 fully saturated rings. The molecule has 0 aliphatic heterocycles. The average molecular weight is 546 g/mol. The Morgan fingerprint density at radius 2 is 1.80 bits per heavy atom. The molecule has 4 aromatic rings. The summed E-state index contributed by atoms with van der Waals surface area (Å²) in [6.07, 6.45) is 2.48. The molecule has 0 radical (unpaired) electrons. The Morgan fingerprint density at radius 1 is 1.05 bits per heavy atom. The molecule has 0 saturated heterocycles. The second-order valence-corrected chi connectivity index (χ2v) is 9.48. The Hall–Kier alpha value is -4.53. The number of nitrogens with two attached hydrogens (primary N) is 1. The summed E-state index contributed by atoms with van der Waals surface area (Å²) in [6, 6.07) is 18.0. The molecule has 0 bridgehead atoms. The molecule has 0 atom stereocenters. The van der Waals surface area contributed by atoms with E-state index in [2.05, 4.69) is 11.9 Å². The Balaban J connectivity index is 1.77. The van der Waals surface area contributed by atoms with Crippen molar-refractivity contribution in [2.45, 2.75) is 46.8 Å². The lowest BCUT2D eigenvalue weighted by Crippen LogP contribution is -2.20. The van der Waals surface area contributed by atoms with E-state index in [1.54, 1.807) is 41.3 Å². The lowest BCUT2D eigenvalue weighted by Gasteiger charge is -2.26. The highest BCUT2D eigenvalue weighted by atomic mass is 19.1.